The molecule has 27 heavy (non-hydrogen) atoms. The Morgan fingerprint density at radius 2 is 1.44 bits per heavy atom. The van der Waals surface area contributed by atoms with Gasteiger partial charge in [-0.15, -0.1) is 0 Å². The molecule has 2 saturated heterocycles. The van der Waals surface area contributed by atoms with Gasteiger partial charge in [0.15, 0.2) is 0 Å². The summed E-state index contributed by atoms with van der Waals surface area (Å²) in [5.41, 5.74) is 1.04. The third kappa shape index (κ3) is 4.70. The Morgan fingerprint density at radius 3 is 2.00 bits per heavy atom. The number of nitrogens with zero attached hydrogens (tertiary/aromatic N) is 3. The quantitative estimate of drug-likeness (QED) is 0.786. The van der Waals surface area contributed by atoms with Gasteiger partial charge in [-0.3, -0.25) is 9.69 Å². The Morgan fingerprint density at radius 1 is 0.889 bits per heavy atom. The summed E-state index contributed by atoms with van der Waals surface area (Å²) in [4.78, 5) is 17.3. The highest BCUT2D eigenvalue weighted by Crippen LogP contribution is 2.20. The van der Waals surface area contributed by atoms with Crippen molar-refractivity contribution in [3.05, 3.63) is 29.8 Å². The second kappa shape index (κ2) is 8.71. The van der Waals surface area contributed by atoms with Gasteiger partial charge in [0.25, 0.3) is 0 Å². The topological polar surface area (TPSA) is 60.9 Å². The molecule has 150 valence electrons. The van der Waals surface area contributed by atoms with Gasteiger partial charge >= 0.3 is 0 Å². The molecule has 0 bridgehead atoms. The van der Waals surface area contributed by atoms with Crippen molar-refractivity contribution in [2.75, 3.05) is 39.3 Å². The first-order valence-corrected chi connectivity index (χ1v) is 11.4. The highest BCUT2D eigenvalue weighted by atomic mass is 32.2. The second-order valence-electron chi connectivity index (χ2n) is 7.67. The number of amides is 1. The van der Waals surface area contributed by atoms with Crippen molar-refractivity contribution in [1.29, 1.82) is 0 Å². The molecule has 0 spiro atoms. The number of hydrogen-bond donors (Lipinski definition) is 0. The highest BCUT2D eigenvalue weighted by molar-refractivity contribution is 7.89. The van der Waals surface area contributed by atoms with Crippen LogP contribution in [0.3, 0.4) is 0 Å². The van der Waals surface area contributed by atoms with E-state index in [0.717, 1.165) is 31.5 Å². The van der Waals surface area contributed by atoms with Crippen molar-refractivity contribution in [2.45, 2.75) is 50.5 Å². The van der Waals surface area contributed by atoms with Crippen LogP contribution < -0.4 is 0 Å². The Kier molecular flexibility index (Phi) is 6.55. The maximum atomic E-state index is 12.8. The number of carbonyl (C=O) groups is 1. The molecule has 2 aliphatic rings. The van der Waals surface area contributed by atoms with Crippen LogP contribution in [0.4, 0.5) is 0 Å². The zero-order valence-corrected chi connectivity index (χ0v) is 17.2. The SMILES string of the molecule is Cc1ccc(S(=O)(=O)N2CCN([C@H](C)C(=O)N3CCCCCC3)CC2)cc1. The van der Waals surface area contributed by atoms with Gasteiger partial charge in [-0.2, -0.15) is 4.31 Å². The summed E-state index contributed by atoms with van der Waals surface area (Å²) in [6.45, 7) is 7.63. The number of hydrogen-bond acceptors (Lipinski definition) is 4. The monoisotopic (exact) mass is 393 g/mol. The van der Waals surface area contributed by atoms with Crippen LogP contribution >= 0.6 is 0 Å². The molecule has 0 radical (unpaired) electrons. The van der Waals surface area contributed by atoms with E-state index in [-0.39, 0.29) is 11.9 Å². The Labute approximate surface area is 163 Å². The molecule has 0 unspecified atom stereocenters. The largest absolute Gasteiger partial charge is 0.341 e. The van der Waals surface area contributed by atoms with Crippen molar-refractivity contribution >= 4 is 15.9 Å². The molecule has 1 atom stereocenters. The summed E-state index contributed by atoms with van der Waals surface area (Å²) in [7, 11) is -3.46. The van der Waals surface area contributed by atoms with Gasteiger partial charge in [0.2, 0.25) is 15.9 Å². The molecule has 6 nitrogen and oxygen atoms in total. The average Bonchev–Trinajstić information content (AvgIpc) is 2.97. The summed E-state index contributed by atoms with van der Waals surface area (Å²) < 4.78 is 27.2. The molecule has 2 aliphatic heterocycles. The molecule has 0 N–H and O–H groups in total. The normalized spacial score (nSPS) is 21.6. The van der Waals surface area contributed by atoms with Gasteiger partial charge in [-0.1, -0.05) is 30.5 Å². The van der Waals surface area contributed by atoms with Crippen LogP contribution in [0.15, 0.2) is 29.2 Å². The van der Waals surface area contributed by atoms with Gasteiger partial charge in [0.1, 0.15) is 0 Å². The van der Waals surface area contributed by atoms with Gasteiger partial charge in [0.05, 0.1) is 10.9 Å². The molecular weight excluding hydrogens is 362 g/mol. The predicted octanol–water partition coefficient (Wildman–Crippen LogP) is 2.09. The van der Waals surface area contributed by atoms with E-state index < -0.39 is 10.0 Å². The van der Waals surface area contributed by atoms with Crippen molar-refractivity contribution in [1.82, 2.24) is 14.1 Å². The number of aryl methyl sites for hydroxylation is 1. The molecule has 1 aromatic carbocycles. The van der Waals surface area contributed by atoms with Crippen molar-refractivity contribution in [3.63, 3.8) is 0 Å². The van der Waals surface area contributed by atoms with E-state index >= 15 is 0 Å². The van der Waals surface area contributed by atoms with Gasteiger partial charge in [-0.05, 0) is 38.8 Å². The van der Waals surface area contributed by atoms with Gasteiger partial charge < -0.3 is 4.90 Å². The minimum atomic E-state index is -3.46. The third-order valence-corrected chi connectivity index (χ3v) is 7.67. The van der Waals surface area contributed by atoms with Crippen molar-refractivity contribution in [2.24, 2.45) is 0 Å². The first-order valence-electron chi connectivity index (χ1n) is 9.99. The zero-order valence-electron chi connectivity index (χ0n) is 16.4. The van der Waals surface area contributed by atoms with E-state index in [1.807, 2.05) is 30.9 Å². The summed E-state index contributed by atoms with van der Waals surface area (Å²) in [6, 6.07) is 6.80. The molecule has 2 heterocycles. The third-order valence-electron chi connectivity index (χ3n) is 5.75. The van der Waals surface area contributed by atoms with E-state index in [2.05, 4.69) is 4.90 Å². The zero-order chi connectivity index (χ0) is 19.4. The maximum absolute atomic E-state index is 12.8. The molecular formula is C20H31N3O3S. The lowest BCUT2D eigenvalue weighted by atomic mass is 10.2. The van der Waals surface area contributed by atoms with E-state index in [9.17, 15) is 13.2 Å². The predicted molar refractivity (Wildman–Crippen MR) is 106 cm³/mol. The van der Waals surface area contributed by atoms with Gasteiger partial charge in [-0.25, -0.2) is 8.42 Å². The number of benzene rings is 1. The van der Waals surface area contributed by atoms with Crippen LogP contribution in [0.5, 0.6) is 0 Å². The molecule has 0 aliphatic carbocycles. The van der Waals surface area contributed by atoms with E-state index in [0.29, 0.717) is 31.1 Å². The molecule has 2 fully saturated rings. The number of rotatable bonds is 4. The fraction of sp³-hybridized carbons (Fsp3) is 0.650. The first kappa shape index (κ1) is 20.3. The van der Waals surface area contributed by atoms with Crippen LogP contribution in [0.25, 0.3) is 0 Å². The average molecular weight is 394 g/mol. The number of piperazine rings is 1. The van der Waals surface area contributed by atoms with Crippen LogP contribution in [0.1, 0.15) is 38.2 Å². The van der Waals surface area contributed by atoms with Crippen LogP contribution in [-0.2, 0) is 14.8 Å². The number of likely N-dealkylation sites (tertiary alicyclic amines) is 1. The Bertz CT molecular complexity index is 732. The number of sulfonamides is 1. The lowest BCUT2D eigenvalue weighted by molar-refractivity contribution is -0.136. The minimum absolute atomic E-state index is 0.187. The summed E-state index contributed by atoms with van der Waals surface area (Å²) in [5.74, 6) is 0.187. The maximum Gasteiger partial charge on any atom is 0.243 e. The fourth-order valence-corrected chi connectivity index (χ4v) is 5.32. The van der Waals surface area contributed by atoms with Gasteiger partial charge in [0, 0.05) is 39.3 Å². The van der Waals surface area contributed by atoms with E-state index in [1.54, 1.807) is 12.1 Å². The van der Waals surface area contributed by atoms with E-state index in [4.69, 9.17) is 0 Å². The van der Waals surface area contributed by atoms with E-state index in [1.165, 1.54) is 17.1 Å². The fourth-order valence-electron chi connectivity index (χ4n) is 3.90. The smallest absolute Gasteiger partial charge is 0.243 e. The Balaban J connectivity index is 1.59. The van der Waals surface area contributed by atoms with Crippen LogP contribution in [-0.4, -0.2) is 73.7 Å². The molecule has 7 heteroatoms. The number of carbonyl (C=O) groups excluding carboxylic acids is 1. The van der Waals surface area contributed by atoms with Crippen LogP contribution in [0, 0.1) is 6.92 Å². The molecule has 0 saturated carbocycles. The molecule has 1 aromatic rings. The summed E-state index contributed by atoms with van der Waals surface area (Å²) >= 11 is 0. The summed E-state index contributed by atoms with van der Waals surface area (Å²) in [6.07, 6.45) is 4.57. The first-order chi connectivity index (χ1) is 12.9. The standard InChI is InChI=1S/C20H31N3O3S/c1-17-7-9-19(10-8-17)27(25,26)23-15-13-21(14-16-23)18(2)20(24)22-11-5-3-4-6-12-22/h7-10,18H,3-6,11-16H2,1-2H3/t18-/m1/s1. The highest BCUT2D eigenvalue weighted by Gasteiger charge is 2.33. The van der Waals surface area contributed by atoms with Crippen molar-refractivity contribution < 1.29 is 13.2 Å². The lowest BCUT2D eigenvalue weighted by Gasteiger charge is -2.38. The minimum Gasteiger partial charge on any atom is -0.341 e. The van der Waals surface area contributed by atoms with Crippen molar-refractivity contribution in [3.8, 4) is 0 Å². The summed E-state index contributed by atoms with van der Waals surface area (Å²) in [5, 5.41) is 0. The Hall–Kier alpha value is -1.44. The second-order valence-corrected chi connectivity index (χ2v) is 9.61. The molecule has 3 rings (SSSR count). The molecule has 0 aromatic heterocycles. The molecule has 1 amide bonds. The lowest BCUT2D eigenvalue weighted by Crippen LogP contribution is -2.55. The van der Waals surface area contributed by atoms with Crippen LogP contribution in [0.2, 0.25) is 0 Å².